The number of nitrogens with zero attached hydrogens (tertiary/aromatic N) is 1. The van der Waals surface area contributed by atoms with Crippen LogP contribution in [0.15, 0.2) is 72.8 Å². The molecule has 0 aliphatic carbocycles. The molecule has 2 atom stereocenters. The lowest BCUT2D eigenvalue weighted by Crippen LogP contribution is -2.35. The zero-order valence-electron chi connectivity index (χ0n) is 18.7. The lowest BCUT2D eigenvalue weighted by atomic mass is 10.0. The number of phenols is 1. The van der Waals surface area contributed by atoms with Crippen molar-refractivity contribution in [3.63, 3.8) is 0 Å². The Hall–Kier alpha value is -3.39. The van der Waals surface area contributed by atoms with Crippen molar-refractivity contribution < 1.29 is 20.1 Å². The molecule has 0 fully saturated rings. The van der Waals surface area contributed by atoms with Gasteiger partial charge in [-0.2, -0.15) is 0 Å². The maximum absolute atomic E-state index is 12.1. The van der Waals surface area contributed by atoms with E-state index in [9.17, 15) is 20.1 Å². The molecule has 7 heteroatoms. The monoisotopic (exact) mass is 449 g/mol. The number of aliphatic hydroxyl groups is 2. The molecule has 0 aliphatic heterocycles. The lowest BCUT2D eigenvalue weighted by molar-refractivity contribution is 0.170. The van der Waals surface area contributed by atoms with Gasteiger partial charge in [-0.1, -0.05) is 48.5 Å². The molecule has 0 bridgehead atoms. The summed E-state index contributed by atoms with van der Waals surface area (Å²) in [6, 6.07) is 21.7. The number of aliphatic hydroxyl groups excluding tert-OH is 2. The number of benzene rings is 3. The van der Waals surface area contributed by atoms with E-state index in [1.807, 2.05) is 61.5 Å². The van der Waals surface area contributed by atoms with Gasteiger partial charge in [-0.25, -0.2) is 4.79 Å². The van der Waals surface area contributed by atoms with E-state index in [-0.39, 0.29) is 18.4 Å². The van der Waals surface area contributed by atoms with Crippen LogP contribution in [0.3, 0.4) is 0 Å². The van der Waals surface area contributed by atoms with Crippen molar-refractivity contribution in [2.75, 3.05) is 11.4 Å². The van der Waals surface area contributed by atoms with Gasteiger partial charge in [0.15, 0.2) is 0 Å². The van der Waals surface area contributed by atoms with E-state index in [4.69, 9.17) is 5.73 Å². The second-order valence-electron chi connectivity index (χ2n) is 8.16. The van der Waals surface area contributed by atoms with Gasteiger partial charge in [0.2, 0.25) is 0 Å². The Labute approximate surface area is 194 Å². The van der Waals surface area contributed by atoms with E-state index < -0.39 is 12.1 Å². The molecule has 174 valence electrons. The standard InChI is InChI=1S/C26H31N3O4/c1-18(28-15-25(32)21-10-11-24(31)22(14-21)17-30)12-20-8-5-9-23(13-20)29(26(27)33)16-19-6-3-2-4-7-19/h2-11,13-14,18,25,28,30-32H,12,15-17H2,1H3,(H2,27,33). The number of rotatable bonds is 10. The van der Waals surface area contributed by atoms with Crippen molar-refractivity contribution in [1.29, 1.82) is 0 Å². The highest BCUT2D eigenvalue weighted by Crippen LogP contribution is 2.23. The zero-order valence-corrected chi connectivity index (χ0v) is 18.7. The molecule has 6 N–H and O–H groups in total. The Morgan fingerprint density at radius 2 is 1.76 bits per heavy atom. The molecule has 33 heavy (non-hydrogen) atoms. The fourth-order valence-corrected chi connectivity index (χ4v) is 3.71. The molecule has 3 aromatic rings. The van der Waals surface area contributed by atoms with Crippen molar-refractivity contribution in [3.8, 4) is 5.75 Å². The molecule has 0 aliphatic rings. The van der Waals surface area contributed by atoms with E-state index in [0.29, 0.717) is 30.6 Å². The first kappa shape index (κ1) is 24.3. The molecule has 7 nitrogen and oxygen atoms in total. The predicted molar refractivity (Wildman–Crippen MR) is 129 cm³/mol. The van der Waals surface area contributed by atoms with E-state index in [0.717, 1.165) is 16.8 Å². The maximum Gasteiger partial charge on any atom is 0.319 e. The van der Waals surface area contributed by atoms with Crippen LogP contribution in [0.2, 0.25) is 0 Å². The maximum atomic E-state index is 12.1. The van der Waals surface area contributed by atoms with Crippen LogP contribution in [0.25, 0.3) is 0 Å². The van der Waals surface area contributed by atoms with Crippen LogP contribution in [0, 0.1) is 0 Å². The third-order valence-corrected chi connectivity index (χ3v) is 5.53. The van der Waals surface area contributed by atoms with Gasteiger partial charge in [-0.15, -0.1) is 0 Å². The van der Waals surface area contributed by atoms with Gasteiger partial charge in [0.05, 0.1) is 19.3 Å². The van der Waals surface area contributed by atoms with Crippen molar-refractivity contribution in [2.45, 2.75) is 38.6 Å². The van der Waals surface area contributed by atoms with Gasteiger partial charge in [-0.3, -0.25) is 4.90 Å². The number of carbonyl (C=O) groups excluding carboxylic acids is 1. The molecular formula is C26H31N3O4. The van der Waals surface area contributed by atoms with Gasteiger partial charge < -0.3 is 26.4 Å². The number of primary amides is 1. The van der Waals surface area contributed by atoms with E-state index in [1.54, 1.807) is 17.0 Å². The third-order valence-electron chi connectivity index (χ3n) is 5.53. The molecule has 0 spiro atoms. The number of aromatic hydroxyl groups is 1. The number of anilines is 1. The van der Waals surface area contributed by atoms with Gasteiger partial charge in [-0.05, 0) is 54.3 Å². The van der Waals surface area contributed by atoms with Crippen molar-refractivity contribution in [3.05, 3.63) is 95.1 Å². The topological polar surface area (TPSA) is 119 Å². The zero-order chi connectivity index (χ0) is 23.8. The number of hydrogen-bond acceptors (Lipinski definition) is 5. The first-order valence-electron chi connectivity index (χ1n) is 10.9. The fourth-order valence-electron chi connectivity index (χ4n) is 3.71. The Bertz CT molecular complexity index is 1060. The minimum absolute atomic E-state index is 0.00641. The summed E-state index contributed by atoms with van der Waals surface area (Å²) in [5.41, 5.74) is 9.41. The van der Waals surface area contributed by atoms with E-state index >= 15 is 0 Å². The highest BCUT2D eigenvalue weighted by molar-refractivity contribution is 5.90. The SMILES string of the molecule is CC(Cc1cccc(N(Cc2ccccc2)C(N)=O)c1)NCC(O)c1ccc(O)c(CO)c1. The van der Waals surface area contributed by atoms with Gasteiger partial charge >= 0.3 is 6.03 Å². The first-order chi connectivity index (χ1) is 15.9. The molecule has 3 aromatic carbocycles. The average molecular weight is 450 g/mol. The van der Waals surface area contributed by atoms with Gasteiger partial charge in [0, 0.05) is 23.8 Å². The van der Waals surface area contributed by atoms with Gasteiger partial charge in [0.25, 0.3) is 0 Å². The van der Waals surface area contributed by atoms with Crippen molar-refractivity contribution in [1.82, 2.24) is 5.32 Å². The Morgan fingerprint density at radius 1 is 1.03 bits per heavy atom. The van der Waals surface area contributed by atoms with Gasteiger partial charge in [0.1, 0.15) is 5.75 Å². The second-order valence-corrected chi connectivity index (χ2v) is 8.16. The quantitative estimate of drug-likeness (QED) is 0.326. The Morgan fingerprint density at radius 3 is 2.45 bits per heavy atom. The van der Waals surface area contributed by atoms with Crippen LogP contribution in [0.1, 0.15) is 35.3 Å². The number of nitrogens with two attached hydrogens (primary N) is 1. The largest absolute Gasteiger partial charge is 0.508 e. The normalized spacial score (nSPS) is 12.8. The highest BCUT2D eigenvalue weighted by Gasteiger charge is 2.15. The average Bonchev–Trinajstić information content (AvgIpc) is 2.82. The summed E-state index contributed by atoms with van der Waals surface area (Å²) in [6.07, 6.45) is -0.0865. The number of nitrogens with one attached hydrogen (secondary N) is 1. The summed E-state index contributed by atoms with van der Waals surface area (Å²) in [5, 5.41) is 32.8. The predicted octanol–water partition coefficient (Wildman–Crippen LogP) is 3.22. The molecule has 3 rings (SSSR count). The van der Waals surface area contributed by atoms with Crippen molar-refractivity contribution >= 4 is 11.7 Å². The van der Waals surface area contributed by atoms with Crippen LogP contribution in [0.4, 0.5) is 10.5 Å². The molecule has 2 amide bonds. The molecule has 0 saturated heterocycles. The Balaban J connectivity index is 1.61. The fraction of sp³-hybridized carbons (Fsp3) is 0.269. The summed E-state index contributed by atoms with van der Waals surface area (Å²) in [4.78, 5) is 13.6. The summed E-state index contributed by atoms with van der Waals surface area (Å²) in [5.74, 6) is 0.00641. The Kier molecular flexibility index (Phi) is 8.43. The lowest BCUT2D eigenvalue weighted by Gasteiger charge is -2.22. The number of amides is 2. The van der Waals surface area contributed by atoms with Crippen LogP contribution >= 0.6 is 0 Å². The van der Waals surface area contributed by atoms with Crippen LogP contribution in [-0.4, -0.2) is 33.9 Å². The number of carbonyl (C=O) groups is 1. The molecule has 0 radical (unpaired) electrons. The second kappa shape index (κ2) is 11.5. The van der Waals surface area contributed by atoms with E-state index in [1.165, 1.54) is 6.07 Å². The summed E-state index contributed by atoms with van der Waals surface area (Å²) < 4.78 is 0. The van der Waals surface area contributed by atoms with Crippen LogP contribution in [-0.2, 0) is 19.6 Å². The van der Waals surface area contributed by atoms with Crippen LogP contribution in [0.5, 0.6) is 5.75 Å². The highest BCUT2D eigenvalue weighted by atomic mass is 16.3. The molecule has 0 heterocycles. The summed E-state index contributed by atoms with van der Waals surface area (Å²) in [7, 11) is 0. The molecule has 0 aromatic heterocycles. The molecular weight excluding hydrogens is 418 g/mol. The smallest absolute Gasteiger partial charge is 0.319 e. The minimum Gasteiger partial charge on any atom is -0.508 e. The van der Waals surface area contributed by atoms with Crippen molar-refractivity contribution in [2.24, 2.45) is 5.73 Å². The minimum atomic E-state index is -0.777. The first-order valence-corrected chi connectivity index (χ1v) is 10.9. The van der Waals surface area contributed by atoms with Crippen LogP contribution < -0.4 is 16.0 Å². The van der Waals surface area contributed by atoms with E-state index in [2.05, 4.69) is 5.32 Å². The molecule has 2 unspecified atom stereocenters. The summed E-state index contributed by atoms with van der Waals surface area (Å²) >= 11 is 0. The third kappa shape index (κ3) is 6.79. The number of urea groups is 1. The molecule has 0 saturated carbocycles. The summed E-state index contributed by atoms with van der Waals surface area (Å²) in [6.45, 7) is 2.43. The number of hydrogen-bond donors (Lipinski definition) is 5.